The van der Waals surface area contributed by atoms with E-state index in [0.717, 1.165) is 17.7 Å². The fraction of sp³-hybridized carbons (Fsp3) is 0.308. The molecule has 0 spiro atoms. The molecule has 0 radical (unpaired) electrons. The molecule has 1 rings (SSSR count). The maximum Gasteiger partial charge on any atom is 0.173 e. The first-order valence-corrected chi connectivity index (χ1v) is 6.41. The third-order valence-electron chi connectivity index (χ3n) is 2.37. The average Bonchev–Trinajstić information content (AvgIpc) is 2.35. The highest BCUT2D eigenvalue weighted by Crippen LogP contribution is 2.11. The fourth-order valence-electron chi connectivity index (χ4n) is 1.14. The Kier molecular flexibility index (Phi) is 5.26. The van der Waals surface area contributed by atoms with Gasteiger partial charge in [0.25, 0.3) is 0 Å². The molecule has 0 amide bonds. The van der Waals surface area contributed by atoms with Gasteiger partial charge in [-0.2, -0.15) is 0 Å². The molecule has 2 nitrogen and oxygen atoms in total. The van der Waals surface area contributed by atoms with Crippen LogP contribution in [-0.2, 0) is 0 Å². The molecule has 86 valence electrons. The lowest BCUT2D eigenvalue weighted by molar-refractivity contribution is 0.102. The van der Waals surface area contributed by atoms with Crippen molar-refractivity contribution in [1.82, 2.24) is 0 Å². The van der Waals surface area contributed by atoms with Crippen LogP contribution in [0.5, 0.6) is 0 Å². The first kappa shape index (κ1) is 13.0. The summed E-state index contributed by atoms with van der Waals surface area (Å²) in [6.45, 7) is 4.20. The lowest BCUT2D eigenvalue weighted by Gasteiger charge is -2.03. The second-order valence-corrected chi connectivity index (χ2v) is 4.18. The van der Waals surface area contributed by atoms with Gasteiger partial charge in [0, 0.05) is 11.3 Å². The van der Waals surface area contributed by atoms with Gasteiger partial charge in [0.1, 0.15) is 0 Å². The third-order valence-corrected chi connectivity index (χ3v) is 2.88. The summed E-state index contributed by atoms with van der Waals surface area (Å²) in [6.07, 6.45) is 3.02. The monoisotopic (exact) mass is 281 g/mol. The molecule has 0 bridgehead atoms. The minimum atomic E-state index is 0.104. The number of halogens is 1. The zero-order valence-electron chi connectivity index (χ0n) is 9.59. The zero-order chi connectivity index (χ0) is 12.0. The normalized spacial score (nSPS) is 11.3. The Hall–Kier alpha value is -1.09. The molecule has 0 aromatic heterocycles. The Morgan fingerprint density at radius 1 is 1.38 bits per heavy atom. The van der Waals surface area contributed by atoms with Gasteiger partial charge in [-0.05, 0) is 43.8 Å². The van der Waals surface area contributed by atoms with Crippen LogP contribution in [0, 0.1) is 0 Å². The van der Waals surface area contributed by atoms with Crippen LogP contribution in [0.15, 0.2) is 36.0 Å². The number of allylic oxidation sites excluding steroid dienone is 1. The van der Waals surface area contributed by atoms with Crippen molar-refractivity contribution in [2.24, 2.45) is 0 Å². The molecule has 0 aliphatic carbocycles. The van der Waals surface area contributed by atoms with Crippen LogP contribution in [-0.4, -0.2) is 11.1 Å². The number of hydrogen-bond acceptors (Lipinski definition) is 2. The molecular weight excluding hydrogens is 266 g/mol. The topological polar surface area (TPSA) is 29.1 Å². The highest BCUT2D eigenvalue weighted by Gasteiger charge is 2.02. The number of nitrogens with one attached hydrogen (secondary N) is 1. The van der Waals surface area contributed by atoms with Gasteiger partial charge >= 0.3 is 0 Å². The first-order chi connectivity index (χ1) is 7.67. The van der Waals surface area contributed by atoms with E-state index in [9.17, 15) is 4.79 Å². The number of anilines is 1. The molecule has 0 atom stereocenters. The summed E-state index contributed by atoms with van der Waals surface area (Å²) in [6, 6.07) is 7.49. The molecule has 0 unspecified atom stereocenters. The van der Waals surface area contributed by atoms with Gasteiger partial charge in [-0.3, -0.25) is 4.79 Å². The van der Waals surface area contributed by atoms with Crippen LogP contribution in [0.1, 0.15) is 30.6 Å². The molecule has 1 aromatic rings. The summed E-state index contributed by atoms with van der Waals surface area (Å²) < 4.78 is 0. The van der Waals surface area contributed by atoms with E-state index in [0.29, 0.717) is 5.33 Å². The largest absolute Gasteiger partial charge is 0.362 e. The molecule has 1 N–H and O–H groups in total. The molecule has 0 fully saturated rings. The van der Waals surface area contributed by atoms with E-state index in [1.807, 2.05) is 30.5 Å². The second kappa shape index (κ2) is 6.48. The number of carbonyl (C=O) groups is 1. The number of alkyl halides is 1. The van der Waals surface area contributed by atoms with E-state index in [2.05, 4.69) is 35.1 Å². The molecule has 0 saturated heterocycles. The lowest BCUT2D eigenvalue weighted by atomic mass is 10.1. The Balaban J connectivity index is 2.68. The Morgan fingerprint density at radius 3 is 2.50 bits per heavy atom. The van der Waals surface area contributed by atoms with Crippen LogP contribution in [0.2, 0.25) is 0 Å². The number of hydrogen-bond donors (Lipinski definition) is 1. The van der Waals surface area contributed by atoms with Gasteiger partial charge in [-0.1, -0.05) is 28.4 Å². The highest BCUT2D eigenvalue weighted by atomic mass is 79.9. The average molecular weight is 282 g/mol. The van der Waals surface area contributed by atoms with E-state index in [4.69, 9.17) is 0 Å². The third kappa shape index (κ3) is 3.81. The number of ketones is 1. The standard InChI is InChI=1S/C13H16BrNO/c1-3-10(2)9-15-12-6-4-11(5-7-12)13(16)8-14/h4-7,9,15H,3,8H2,1-2H3/b10-9+. The second-order valence-electron chi connectivity index (χ2n) is 3.62. The molecule has 3 heteroatoms. The van der Waals surface area contributed by atoms with E-state index in [-0.39, 0.29) is 5.78 Å². The van der Waals surface area contributed by atoms with Crippen molar-refractivity contribution in [3.8, 4) is 0 Å². The van der Waals surface area contributed by atoms with Crippen molar-refractivity contribution in [3.05, 3.63) is 41.6 Å². The predicted molar refractivity (Wildman–Crippen MR) is 72.2 cm³/mol. The molecule has 0 aliphatic heterocycles. The molecule has 16 heavy (non-hydrogen) atoms. The maximum atomic E-state index is 11.4. The minimum Gasteiger partial charge on any atom is -0.362 e. The summed E-state index contributed by atoms with van der Waals surface area (Å²) in [7, 11) is 0. The van der Waals surface area contributed by atoms with Crippen molar-refractivity contribution < 1.29 is 4.79 Å². The Bertz CT molecular complexity index is 381. The van der Waals surface area contributed by atoms with Gasteiger partial charge in [-0.15, -0.1) is 0 Å². The van der Waals surface area contributed by atoms with Gasteiger partial charge in [0.15, 0.2) is 5.78 Å². The van der Waals surface area contributed by atoms with Crippen LogP contribution < -0.4 is 5.32 Å². The zero-order valence-corrected chi connectivity index (χ0v) is 11.2. The van der Waals surface area contributed by atoms with Crippen molar-refractivity contribution in [2.45, 2.75) is 20.3 Å². The summed E-state index contributed by atoms with van der Waals surface area (Å²) in [5.41, 5.74) is 3.03. The number of rotatable bonds is 5. The van der Waals surface area contributed by atoms with E-state index >= 15 is 0 Å². The smallest absolute Gasteiger partial charge is 0.173 e. The van der Waals surface area contributed by atoms with Crippen LogP contribution in [0.4, 0.5) is 5.69 Å². The molecular formula is C13H16BrNO. The molecule has 0 aliphatic rings. The minimum absolute atomic E-state index is 0.104. The maximum absolute atomic E-state index is 11.4. The van der Waals surface area contributed by atoms with Gasteiger partial charge in [-0.25, -0.2) is 0 Å². The van der Waals surface area contributed by atoms with Crippen LogP contribution in [0.3, 0.4) is 0 Å². The Labute approximate surface area is 105 Å². The fourth-order valence-corrected chi connectivity index (χ4v) is 1.46. The van der Waals surface area contributed by atoms with E-state index in [1.54, 1.807) is 0 Å². The lowest BCUT2D eigenvalue weighted by Crippen LogP contribution is -1.99. The Morgan fingerprint density at radius 2 is 2.00 bits per heavy atom. The summed E-state index contributed by atoms with van der Waals surface area (Å²) >= 11 is 3.15. The molecule has 0 saturated carbocycles. The van der Waals surface area contributed by atoms with Crippen molar-refractivity contribution in [1.29, 1.82) is 0 Å². The van der Waals surface area contributed by atoms with Crippen LogP contribution in [0.25, 0.3) is 0 Å². The number of benzene rings is 1. The SMILES string of the molecule is CC/C(C)=C/Nc1ccc(C(=O)CBr)cc1. The summed E-state index contributed by atoms with van der Waals surface area (Å²) in [4.78, 5) is 11.4. The predicted octanol–water partition coefficient (Wildman–Crippen LogP) is 3.99. The van der Waals surface area contributed by atoms with Crippen molar-refractivity contribution in [2.75, 3.05) is 10.6 Å². The van der Waals surface area contributed by atoms with Crippen LogP contribution >= 0.6 is 15.9 Å². The molecule has 0 heterocycles. The first-order valence-electron chi connectivity index (χ1n) is 5.28. The van der Waals surface area contributed by atoms with E-state index in [1.165, 1.54) is 5.57 Å². The van der Waals surface area contributed by atoms with Gasteiger partial charge < -0.3 is 5.32 Å². The number of Topliss-reactive ketones (excluding diaryl/α,β-unsaturated/α-hetero) is 1. The quantitative estimate of drug-likeness (QED) is 0.653. The number of carbonyl (C=O) groups excluding carboxylic acids is 1. The highest BCUT2D eigenvalue weighted by molar-refractivity contribution is 9.09. The summed E-state index contributed by atoms with van der Waals surface area (Å²) in [5.74, 6) is 0.104. The molecule has 1 aromatic carbocycles. The van der Waals surface area contributed by atoms with Crippen molar-refractivity contribution in [3.63, 3.8) is 0 Å². The van der Waals surface area contributed by atoms with Crippen molar-refractivity contribution >= 4 is 27.4 Å². The van der Waals surface area contributed by atoms with Gasteiger partial charge in [0.2, 0.25) is 0 Å². The van der Waals surface area contributed by atoms with E-state index < -0.39 is 0 Å². The summed E-state index contributed by atoms with van der Waals surface area (Å²) in [5, 5.41) is 3.56. The van der Waals surface area contributed by atoms with Gasteiger partial charge in [0.05, 0.1) is 5.33 Å².